The molecule has 0 aromatic rings. The van der Waals surface area contributed by atoms with Crippen LogP contribution in [-0.4, -0.2) is 25.0 Å². The first kappa shape index (κ1) is 22.6. The molecule has 0 aliphatic rings. The minimum atomic E-state index is 0. The van der Waals surface area contributed by atoms with Crippen LogP contribution in [0.2, 0.25) is 0 Å². The number of aldehydes is 1. The van der Waals surface area contributed by atoms with E-state index in [1.54, 1.807) is 0 Å². The van der Waals surface area contributed by atoms with Gasteiger partial charge in [-0.3, -0.25) is 0 Å². The summed E-state index contributed by atoms with van der Waals surface area (Å²) in [6.45, 7) is 4.12. The summed E-state index contributed by atoms with van der Waals surface area (Å²) in [5.41, 5.74) is 4.50. The van der Waals surface area contributed by atoms with E-state index in [0.717, 1.165) is 6.29 Å². The Morgan fingerprint density at radius 1 is 1.36 bits per heavy atom. The SMILES string of the molecule is CC.CN.O=CCCCO.[Y]. The molecule has 0 aliphatic heterocycles. The normalized spacial score (nSPS) is 5.55. The van der Waals surface area contributed by atoms with E-state index >= 15 is 0 Å². The third kappa shape index (κ3) is 59.2. The predicted molar refractivity (Wildman–Crippen MR) is 43.8 cm³/mol. The molecule has 0 aliphatic carbocycles. The molecular weight excluding hydrogens is 219 g/mol. The van der Waals surface area contributed by atoms with Gasteiger partial charge in [-0.1, -0.05) is 13.8 Å². The monoisotopic (exact) mass is 238 g/mol. The van der Waals surface area contributed by atoms with Crippen molar-refractivity contribution in [3.05, 3.63) is 0 Å². The molecule has 0 amide bonds. The fraction of sp³-hybridized carbons (Fsp3) is 0.857. The maximum absolute atomic E-state index is 9.45. The quantitative estimate of drug-likeness (QED) is 0.557. The van der Waals surface area contributed by atoms with Crippen molar-refractivity contribution in [1.29, 1.82) is 0 Å². The zero-order valence-electron chi connectivity index (χ0n) is 7.71. The third-order valence-corrected chi connectivity index (χ3v) is 0.480. The minimum Gasteiger partial charge on any atom is -0.396 e. The number of rotatable bonds is 3. The van der Waals surface area contributed by atoms with Crippen molar-refractivity contribution < 1.29 is 42.6 Å². The zero-order chi connectivity index (χ0) is 8.83. The number of carbonyl (C=O) groups excluding carboxylic acids is 1. The molecule has 0 saturated heterocycles. The van der Waals surface area contributed by atoms with Crippen LogP contribution in [-0.2, 0) is 37.5 Å². The summed E-state index contributed by atoms with van der Waals surface area (Å²) in [5, 5.41) is 8.04. The van der Waals surface area contributed by atoms with E-state index < -0.39 is 0 Å². The van der Waals surface area contributed by atoms with Gasteiger partial charge < -0.3 is 15.6 Å². The molecule has 0 atom stereocenters. The van der Waals surface area contributed by atoms with Crippen LogP contribution in [0.15, 0.2) is 0 Å². The molecule has 0 rings (SSSR count). The zero-order valence-corrected chi connectivity index (χ0v) is 10.5. The van der Waals surface area contributed by atoms with Crippen molar-refractivity contribution in [3.63, 3.8) is 0 Å². The van der Waals surface area contributed by atoms with E-state index in [9.17, 15) is 4.79 Å². The second-order valence-corrected chi connectivity index (χ2v) is 1.03. The summed E-state index contributed by atoms with van der Waals surface area (Å²) in [7, 11) is 1.50. The van der Waals surface area contributed by atoms with Gasteiger partial charge in [0, 0.05) is 45.7 Å². The number of hydrogen-bond acceptors (Lipinski definition) is 3. The number of carbonyl (C=O) groups is 1. The molecule has 0 unspecified atom stereocenters. The average Bonchev–Trinajstić information content (AvgIpc) is 2.08. The molecular formula is C7H19NO2Y. The molecule has 67 valence electrons. The molecule has 0 spiro atoms. The molecule has 1 radical (unpaired) electrons. The summed E-state index contributed by atoms with van der Waals surface area (Å²) in [5.74, 6) is 0. The van der Waals surface area contributed by atoms with Crippen molar-refractivity contribution in [3.8, 4) is 0 Å². The van der Waals surface area contributed by atoms with Gasteiger partial charge >= 0.3 is 0 Å². The number of aliphatic hydroxyl groups is 1. The number of nitrogens with two attached hydrogens (primary N) is 1. The molecule has 0 heterocycles. The van der Waals surface area contributed by atoms with E-state index in [0.29, 0.717) is 12.8 Å². The van der Waals surface area contributed by atoms with Crippen molar-refractivity contribution in [2.24, 2.45) is 5.73 Å². The van der Waals surface area contributed by atoms with E-state index in [2.05, 4.69) is 5.73 Å². The molecule has 0 aromatic carbocycles. The summed E-state index contributed by atoms with van der Waals surface area (Å²) >= 11 is 0. The second kappa shape index (κ2) is 45.6. The fourth-order valence-electron chi connectivity index (χ4n) is 0.175. The van der Waals surface area contributed by atoms with Gasteiger partial charge in [0.05, 0.1) is 0 Å². The first-order chi connectivity index (χ1) is 4.91. The van der Waals surface area contributed by atoms with Crippen LogP contribution in [0.1, 0.15) is 26.7 Å². The molecule has 0 aromatic heterocycles. The summed E-state index contributed by atoms with van der Waals surface area (Å²) in [6, 6.07) is 0. The summed E-state index contributed by atoms with van der Waals surface area (Å²) in [6.07, 6.45) is 1.89. The van der Waals surface area contributed by atoms with E-state index in [1.165, 1.54) is 7.05 Å². The molecule has 3 nitrogen and oxygen atoms in total. The second-order valence-electron chi connectivity index (χ2n) is 1.03. The first-order valence-electron chi connectivity index (χ1n) is 3.54. The third-order valence-electron chi connectivity index (χ3n) is 0.480. The van der Waals surface area contributed by atoms with Crippen molar-refractivity contribution in [2.45, 2.75) is 26.7 Å². The van der Waals surface area contributed by atoms with E-state index in [-0.39, 0.29) is 39.3 Å². The van der Waals surface area contributed by atoms with Gasteiger partial charge in [-0.15, -0.1) is 0 Å². The number of aliphatic hydroxyl groups excluding tert-OH is 1. The maximum Gasteiger partial charge on any atom is 0.120 e. The maximum atomic E-state index is 9.45. The van der Waals surface area contributed by atoms with Gasteiger partial charge in [0.2, 0.25) is 0 Å². The Morgan fingerprint density at radius 3 is 1.82 bits per heavy atom. The minimum absolute atomic E-state index is 0. The molecule has 3 N–H and O–H groups in total. The smallest absolute Gasteiger partial charge is 0.120 e. The van der Waals surface area contributed by atoms with Crippen molar-refractivity contribution in [2.75, 3.05) is 13.7 Å². The molecule has 0 fully saturated rings. The van der Waals surface area contributed by atoms with E-state index in [4.69, 9.17) is 5.11 Å². The van der Waals surface area contributed by atoms with Crippen molar-refractivity contribution >= 4 is 6.29 Å². The van der Waals surface area contributed by atoms with Crippen LogP contribution in [0.25, 0.3) is 0 Å². The van der Waals surface area contributed by atoms with Gasteiger partial charge in [-0.25, -0.2) is 0 Å². The van der Waals surface area contributed by atoms with E-state index in [1.807, 2.05) is 13.8 Å². The average molecular weight is 238 g/mol. The van der Waals surface area contributed by atoms with Crippen LogP contribution in [0, 0.1) is 0 Å². The standard InChI is InChI=1S/C4H8O2.C2H6.CH5N.Y/c5-3-1-2-4-6;2*1-2;/h3,6H,1-2,4H2;1-2H3;2H2,1H3;. The van der Waals surface area contributed by atoms with Crippen LogP contribution < -0.4 is 5.73 Å². The Hall–Kier alpha value is 0.694. The van der Waals surface area contributed by atoms with Gasteiger partial charge in [0.1, 0.15) is 6.29 Å². The Morgan fingerprint density at radius 2 is 1.73 bits per heavy atom. The first-order valence-corrected chi connectivity index (χ1v) is 3.54. The Balaban J connectivity index is -0.0000000428. The Bertz CT molecular complexity index is 45.4. The summed E-state index contributed by atoms with van der Waals surface area (Å²) in [4.78, 5) is 9.45. The van der Waals surface area contributed by atoms with Crippen LogP contribution >= 0.6 is 0 Å². The van der Waals surface area contributed by atoms with Crippen LogP contribution in [0.5, 0.6) is 0 Å². The number of hydrogen-bond donors (Lipinski definition) is 2. The van der Waals surface area contributed by atoms with Crippen molar-refractivity contribution in [1.82, 2.24) is 0 Å². The number of unbranched alkanes of at least 4 members (excludes halogenated alkanes) is 1. The summed E-state index contributed by atoms with van der Waals surface area (Å²) < 4.78 is 0. The molecule has 0 bridgehead atoms. The van der Waals surface area contributed by atoms with Gasteiger partial charge in [0.15, 0.2) is 0 Å². The Labute approximate surface area is 94.6 Å². The molecule has 4 heteroatoms. The fourth-order valence-corrected chi connectivity index (χ4v) is 0.175. The topological polar surface area (TPSA) is 63.3 Å². The van der Waals surface area contributed by atoms with Crippen LogP contribution in [0.4, 0.5) is 0 Å². The Kier molecular flexibility index (Phi) is 93.7. The predicted octanol–water partition coefficient (Wildman–Crippen LogP) is 0.556. The van der Waals surface area contributed by atoms with Gasteiger partial charge in [-0.2, -0.15) is 0 Å². The largest absolute Gasteiger partial charge is 0.396 e. The van der Waals surface area contributed by atoms with Gasteiger partial charge in [0.25, 0.3) is 0 Å². The molecule has 11 heavy (non-hydrogen) atoms. The van der Waals surface area contributed by atoms with Gasteiger partial charge in [-0.05, 0) is 13.5 Å². The molecule has 0 saturated carbocycles. The van der Waals surface area contributed by atoms with Crippen LogP contribution in [0.3, 0.4) is 0 Å².